The Hall–Kier alpha value is -1.88. The zero-order valence-corrected chi connectivity index (χ0v) is 15.3. The summed E-state index contributed by atoms with van der Waals surface area (Å²) in [6.45, 7) is 5.15. The Morgan fingerprint density at radius 3 is 2.44 bits per heavy atom. The molecule has 1 saturated carbocycles. The molecule has 3 rings (SSSR count). The molecule has 5 heteroatoms. The highest BCUT2D eigenvalue weighted by atomic mass is 16.3. The lowest BCUT2D eigenvalue weighted by atomic mass is 10.0. The number of likely N-dealkylation sites (N-methyl/N-ethyl adjacent to an activating group) is 1. The predicted molar refractivity (Wildman–Crippen MR) is 97.4 cm³/mol. The van der Waals surface area contributed by atoms with Crippen LogP contribution in [0.4, 0.5) is 5.69 Å². The van der Waals surface area contributed by atoms with Crippen molar-refractivity contribution in [3.8, 4) is 0 Å². The minimum atomic E-state index is -0.624. The van der Waals surface area contributed by atoms with Gasteiger partial charge < -0.3 is 14.9 Å². The molecule has 1 saturated heterocycles. The Balaban J connectivity index is 1.63. The highest BCUT2D eigenvalue weighted by molar-refractivity contribution is 6.09. The molecule has 0 spiro atoms. The number of amides is 2. The van der Waals surface area contributed by atoms with E-state index in [0.717, 1.165) is 18.5 Å². The Morgan fingerprint density at radius 1 is 1.24 bits per heavy atom. The summed E-state index contributed by atoms with van der Waals surface area (Å²) in [4.78, 5) is 28.6. The molecule has 1 N–H and O–H groups in total. The Morgan fingerprint density at radius 2 is 1.88 bits per heavy atom. The van der Waals surface area contributed by atoms with Crippen LogP contribution in [0.1, 0.15) is 44.6 Å². The van der Waals surface area contributed by atoms with Crippen LogP contribution in [-0.4, -0.2) is 48.1 Å². The minimum Gasteiger partial charge on any atom is -0.391 e. The summed E-state index contributed by atoms with van der Waals surface area (Å²) >= 11 is 0. The maximum absolute atomic E-state index is 12.7. The van der Waals surface area contributed by atoms with Gasteiger partial charge in [0.1, 0.15) is 5.92 Å². The zero-order chi connectivity index (χ0) is 18.1. The number of nitrogens with zero attached hydrogens (tertiary/aromatic N) is 2. The van der Waals surface area contributed by atoms with E-state index >= 15 is 0 Å². The third kappa shape index (κ3) is 3.87. The third-order valence-corrected chi connectivity index (χ3v) is 5.38. The number of aliphatic hydroxyl groups excluding tert-OH is 1. The fourth-order valence-electron chi connectivity index (χ4n) is 3.47. The van der Waals surface area contributed by atoms with Gasteiger partial charge >= 0.3 is 0 Å². The first-order valence-corrected chi connectivity index (χ1v) is 9.23. The normalized spacial score (nSPS) is 21.7. The molecule has 2 unspecified atom stereocenters. The average Bonchev–Trinajstić information content (AvgIpc) is 3.37. The predicted octanol–water partition coefficient (Wildman–Crippen LogP) is 2.39. The zero-order valence-electron chi connectivity index (χ0n) is 15.3. The SMILES string of the molecule is CC(C)c1ccc(N2CCC(C(=O)N(C)CC(O)C3CC3)C2=O)cc1. The summed E-state index contributed by atoms with van der Waals surface area (Å²) in [5.74, 6) is -0.156. The number of benzene rings is 1. The first-order valence-electron chi connectivity index (χ1n) is 9.23. The summed E-state index contributed by atoms with van der Waals surface area (Å²) in [5, 5.41) is 10.0. The lowest BCUT2D eigenvalue weighted by Crippen LogP contribution is -2.41. The lowest BCUT2D eigenvalue weighted by Gasteiger charge is -2.23. The van der Waals surface area contributed by atoms with Crippen LogP contribution in [0.2, 0.25) is 0 Å². The van der Waals surface area contributed by atoms with E-state index in [1.54, 1.807) is 11.9 Å². The Labute approximate surface area is 149 Å². The van der Waals surface area contributed by atoms with Crippen LogP contribution in [0, 0.1) is 11.8 Å². The maximum Gasteiger partial charge on any atom is 0.239 e. The third-order valence-electron chi connectivity index (χ3n) is 5.38. The van der Waals surface area contributed by atoms with Crippen molar-refractivity contribution >= 4 is 17.5 Å². The van der Waals surface area contributed by atoms with Gasteiger partial charge in [-0.05, 0) is 48.8 Å². The van der Waals surface area contributed by atoms with Crippen LogP contribution in [0.25, 0.3) is 0 Å². The van der Waals surface area contributed by atoms with Gasteiger partial charge in [-0.25, -0.2) is 0 Å². The topological polar surface area (TPSA) is 60.9 Å². The number of aliphatic hydroxyl groups is 1. The number of hydrogen-bond acceptors (Lipinski definition) is 3. The fourth-order valence-corrected chi connectivity index (χ4v) is 3.47. The molecule has 2 fully saturated rings. The molecular weight excluding hydrogens is 316 g/mol. The first-order chi connectivity index (χ1) is 11.9. The van der Waals surface area contributed by atoms with Crippen LogP contribution in [-0.2, 0) is 9.59 Å². The van der Waals surface area contributed by atoms with E-state index in [1.165, 1.54) is 10.5 Å². The Bertz CT molecular complexity index is 637. The number of anilines is 1. The molecule has 1 aliphatic heterocycles. The van der Waals surface area contributed by atoms with Crippen molar-refractivity contribution in [1.29, 1.82) is 0 Å². The maximum atomic E-state index is 12.7. The Kier molecular flexibility index (Phi) is 5.13. The molecule has 0 aromatic heterocycles. The van der Waals surface area contributed by atoms with E-state index in [4.69, 9.17) is 0 Å². The average molecular weight is 344 g/mol. The molecule has 1 aromatic carbocycles. The van der Waals surface area contributed by atoms with Crippen molar-refractivity contribution in [2.24, 2.45) is 11.8 Å². The summed E-state index contributed by atoms with van der Waals surface area (Å²) < 4.78 is 0. The molecule has 1 aromatic rings. The second kappa shape index (κ2) is 7.16. The monoisotopic (exact) mass is 344 g/mol. The smallest absolute Gasteiger partial charge is 0.239 e. The van der Waals surface area contributed by atoms with E-state index in [1.807, 2.05) is 24.3 Å². The van der Waals surface area contributed by atoms with Crippen LogP contribution >= 0.6 is 0 Å². The minimum absolute atomic E-state index is 0.130. The van der Waals surface area contributed by atoms with E-state index in [2.05, 4.69) is 13.8 Å². The van der Waals surface area contributed by atoms with Gasteiger partial charge in [0.05, 0.1) is 6.10 Å². The van der Waals surface area contributed by atoms with Crippen LogP contribution < -0.4 is 4.90 Å². The van der Waals surface area contributed by atoms with Gasteiger partial charge in [-0.2, -0.15) is 0 Å². The van der Waals surface area contributed by atoms with Crippen molar-refractivity contribution in [2.75, 3.05) is 25.0 Å². The molecule has 25 heavy (non-hydrogen) atoms. The van der Waals surface area contributed by atoms with E-state index in [9.17, 15) is 14.7 Å². The molecule has 5 nitrogen and oxygen atoms in total. The highest BCUT2D eigenvalue weighted by Crippen LogP contribution is 2.33. The molecule has 1 aliphatic carbocycles. The van der Waals surface area contributed by atoms with Crippen molar-refractivity contribution in [1.82, 2.24) is 4.90 Å². The summed E-state index contributed by atoms with van der Waals surface area (Å²) in [5.41, 5.74) is 2.09. The molecule has 1 heterocycles. The van der Waals surface area contributed by atoms with Crippen molar-refractivity contribution < 1.29 is 14.7 Å². The quantitative estimate of drug-likeness (QED) is 0.806. The number of carbonyl (C=O) groups is 2. The van der Waals surface area contributed by atoms with Crippen molar-refractivity contribution in [2.45, 2.75) is 45.1 Å². The molecular formula is C20H28N2O3. The molecule has 0 radical (unpaired) electrons. The lowest BCUT2D eigenvalue weighted by molar-refractivity contribution is -0.140. The second-order valence-corrected chi connectivity index (χ2v) is 7.70. The highest BCUT2D eigenvalue weighted by Gasteiger charge is 2.40. The molecule has 2 amide bonds. The van der Waals surface area contributed by atoms with Crippen LogP contribution in [0.5, 0.6) is 0 Å². The fraction of sp³-hybridized carbons (Fsp3) is 0.600. The van der Waals surface area contributed by atoms with E-state index in [0.29, 0.717) is 31.3 Å². The van der Waals surface area contributed by atoms with Gasteiger partial charge in [-0.3, -0.25) is 9.59 Å². The number of hydrogen-bond donors (Lipinski definition) is 1. The van der Waals surface area contributed by atoms with E-state index in [-0.39, 0.29) is 11.8 Å². The second-order valence-electron chi connectivity index (χ2n) is 7.70. The van der Waals surface area contributed by atoms with Gasteiger partial charge in [-0.1, -0.05) is 26.0 Å². The van der Waals surface area contributed by atoms with Gasteiger partial charge in [0.15, 0.2) is 0 Å². The first kappa shape index (κ1) is 17.9. The standard InChI is InChI=1S/C20H28N2O3/c1-13(2)14-6-8-16(9-7-14)22-11-10-17(20(22)25)19(24)21(3)12-18(23)15-4-5-15/h6-9,13,15,17-18,23H,4-5,10-12H2,1-3H3. The largest absolute Gasteiger partial charge is 0.391 e. The van der Waals surface area contributed by atoms with Gasteiger partial charge in [0, 0.05) is 25.8 Å². The van der Waals surface area contributed by atoms with Gasteiger partial charge in [0.25, 0.3) is 0 Å². The summed E-state index contributed by atoms with van der Waals surface area (Å²) in [6.07, 6.45) is 2.13. The van der Waals surface area contributed by atoms with Crippen LogP contribution in [0.3, 0.4) is 0 Å². The van der Waals surface area contributed by atoms with Gasteiger partial charge in [-0.15, -0.1) is 0 Å². The van der Waals surface area contributed by atoms with Gasteiger partial charge in [0.2, 0.25) is 11.8 Å². The van der Waals surface area contributed by atoms with Crippen molar-refractivity contribution in [3.63, 3.8) is 0 Å². The summed E-state index contributed by atoms with van der Waals surface area (Å²) in [7, 11) is 1.68. The van der Waals surface area contributed by atoms with Crippen molar-refractivity contribution in [3.05, 3.63) is 29.8 Å². The molecule has 0 bridgehead atoms. The molecule has 2 aliphatic rings. The molecule has 136 valence electrons. The molecule has 2 atom stereocenters. The van der Waals surface area contributed by atoms with E-state index < -0.39 is 12.0 Å². The number of carbonyl (C=O) groups excluding carboxylic acids is 2. The van der Waals surface area contributed by atoms with Crippen LogP contribution in [0.15, 0.2) is 24.3 Å². The number of rotatable bonds is 6. The summed E-state index contributed by atoms with van der Waals surface area (Å²) in [6, 6.07) is 8.00.